The van der Waals surface area contributed by atoms with Crippen LogP contribution in [0.5, 0.6) is 5.75 Å². The van der Waals surface area contributed by atoms with E-state index in [1.807, 2.05) is 30.3 Å². The van der Waals surface area contributed by atoms with Crippen molar-refractivity contribution in [2.24, 2.45) is 0 Å². The summed E-state index contributed by atoms with van der Waals surface area (Å²) >= 11 is 1.57. The highest BCUT2D eigenvalue weighted by atomic mass is 32.1. The van der Waals surface area contributed by atoms with Gasteiger partial charge in [-0.25, -0.2) is 4.98 Å². The SMILES string of the molecule is COc1ccc(CC(=O)N(C[C@@H]2CCCO2)c2nc3ccc(C)cc3s2)cc1. The molecular weight excluding hydrogens is 372 g/mol. The zero-order valence-corrected chi connectivity index (χ0v) is 17.0. The van der Waals surface area contributed by atoms with Crippen molar-refractivity contribution in [3.8, 4) is 5.75 Å². The lowest BCUT2D eigenvalue weighted by Gasteiger charge is -2.23. The fraction of sp³-hybridized carbons (Fsp3) is 0.364. The lowest BCUT2D eigenvalue weighted by Crippen LogP contribution is -2.38. The summed E-state index contributed by atoms with van der Waals surface area (Å²) in [5.41, 5.74) is 3.08. The minimum absolute atomic E-state index is 0.0384. The molecule has 1 saturated heterocycles. The molecule has 1 amide bonds. The molecule has 1 aromatic heterocycles. The van der Waals surface area contributed by atoms with Crippen LogP contribution in [0.3, 0.4) is 0 Å². The molecule has 0 unspecified atom stereocenters. The molecule has 5 nitrogen and oxygen atoms in total. The Morgan fingerprint density at radius 2 is 2.11 bits per heavy atom. The Hall–Kier alpha value is -2.44. The third kappa shape index (κ3) is 4.18. The Morgan fingerprint density at radius 3 is 2.82 bits per heavy atom. The second-order valence-electron chi connectivity index (χ2n) is 7.13. The number of hydrogen-bond acceptors (Lipinski definition) is 5. The molecule has 1 aliphatic rings. The van der Waals surface area contributed by atoms with Crippen molar-refractivity contribution in [2.75, 3.05) is 25.2 Å². The summed E-state index contributed by atoms with van der Waals surface area (Å²) in [4.78, 5) is 19.7. The summed E-state index contributed by atoms with van der Waals surface area (Å²) in [6.07, 6.45) is 2.43. The number of hydrogen-bond donors (Lipinski definition) is 0. The van der Waals surface area contributed by atoms with E-state index in [-0.39, 0.29) is 12.0 Å². The summed E-state index contributed by atoms with van der Waals surface area (Å²) in [5.74, 6) is 0.824. The van der Waals surface area contributed by atoms with Crippen molar-refractivity contribution < 1.29 is 14.3 Å². The van der Waals surface area contributed by atoms with Gasteiger partial charge in [-0.05, 0) is 55.2 Å². The third-order valence-corrected chi connectivity index (χ3v) is 6.03. The average molecular weight is 397 g/mol. The highest BCUT2D eigenvalue weighted by Gasteiger charge is 2.26. The average Bonchev–Trinajstić information content (AvgIpc) is 3.35. The molecule has 0 bridgehead atoms. The molecule has 1 fully saturated rings. The van der Waals surface area contributed by atoms with Crippen LogP contribution >= 0.6 is 11.3 Å². The maximum atomic E-state index is 13.2. The Bertz CT molecular complexity index is 962. The molecule has 0 N–H and O–H groups in total. The van der Waals surface area contributed by atoms with E-state index >= 15 is 0 Å². The first kappa shape index (κ1) is 18.9. The highest BCUT2D eigenvalue weighted by Crippen LogP contribution is 2.31. The van der Waals surface area contributed by atoms with Gasteiger partial charge in [0.25, 0.3) is 0 Å². The normalized spacial score (nSPS) is 16.4. The summed E-state index contributed by atoms with van der Waals surface area (Å²) in [6, 6.07) is 13.8. The Labute approximate surface area is 168 Å². The molecule has 28 heavy (non-hydrogen) atoms. The van der Waals surface area contributed by atoms with E-state index < -0.39 is 0 Å². The van der Waals surface area contributed by atoms with Gasteiger partial charge < -0.3 is 9.47 Å². The van der Waals surface area contributed by atoms with Gasteiger partial charge in [0.15, 0.2) is 5.13 Å². The molecule has 6 heteroatoms. The van der Waals surface area contributed by atoms with Gasteiger partial charge in [-0.3, -0.25) is 9.69 Å². The Balaban J connectivity index is 1.60. The second kappa shape index (κ2) is 8.29. The number of nitrogens with zero attached hydrogens (tertiary/aromatic N) is 2. The Kier molecular flexibility index (Phi) is 5.59. The first-order valence-electron chi connectivity index (χ1n) is 9.54. The van der Waals surface area contributed by atoms with Gasteiger partial charge in [-0.1, -0.05) is 29.5 Å². The number of amides is 1. The molecule has 2 aromatic carbocycles. The van der Waals surface area contributed by atoms with Crippen LogP contribution in [0.25, 0.3) is 10.2 Å². The molecule has 1 atom stereocenters. The number of rotatable bonds is 6. The lowest BCUT2D eigenvalue weighted by molar-refractivity contribution is -0.118. The third-order valence-electron chi connectivity index (χ3n) is 4.99. The van der Waals surface area contributed by atoms with Crippen LogP contribution in [0, 0.1) is 6.92 Å². The largest absolute Gasteiger partial charge is 0.497 e. The van der Waals surface area contributed by atoms with Gasteiger partial charge in [-0.15, -0.1) is 0 Å². The van der Waals surface area contributed by atoms with E-state index in [1.54, 1.807) is 23.3 Å². The molecule has 3 aromatic rings. The molecule has 0 spiro atoms. The number of carbonyl (C=O) groups excluding carboxylic acids is 1. The van der Waals surface area contributed by atoms with Crippen molar-refractivity contribution in [3.05, 3.63) is 53.6 Å². The summed E-state index contributed by atoms with van der Waals surface area (Å²) in [6.45, 7) is 3.38. The van der Waals surface area contributed by atoms with Gasteiger partial charge >= 0.3 is 0 Å². The van der Waals surface area contributed by atoms with Crippen LogP contribution in [0.4, 0.5) is 5.13 Å². The van der Waals surface area contributed by atoms with E-state index in [1.165, 1.54) is 5.56 Å². The number of thiazole rings is 1. The van der Waals surface area contributed by atoms with Gasteiger partial charge in [-0.2, -0.15) is 0 Å². The maximum absolute atomic E-state index is 13.2. The first-order chi connectivity index (χ1) is 13.6. The molecule has 0 radical (unpaired) electrons. The van der Waals surface area contributed by atoms with Crippen molar-refractivity contribution in [3.63, 3.8) is 0 Å². The minimum Gasteiger partial charge on any atom is -0.497 e. The van der Waals surface area contributed by atoms with Crippen LogP contribution in [0.15, 0.2) is 42.5 Å². The number of carbonyl (C=O) groups is 1. The number of fused-ring (bicyclic) bond motifs is 1. The molecule has 146 valence electrons. The summed E-state index contributed by atoms with van der Waals surface area (Å²) < 4.78 is 12.1. The van der Waals surface area contributed by atoms with Gasteiger partial charge in [0.1, 0.15) is 5.75 Å². The molecular formula is C22H24N2O3S. The van der Waals surface area contributed by atoms with E-state index in [2.05, 4.69) is 19.1 Å². The van der Waals surface area contributed by atoms with Gasteiger partial charge in [0.05, 0.1) is 36.4 Å². The lowest BCUT2D eigenvalue weighted by atomic mass is 10.1. The fourth-order valence-corrected chi connectivity index (χ4v) is 4.52. The molecule has 1 aliphatic heterocycles. The number of methoxy groups -OCH3 is 1. The molecule has 4 rings (SSSR count). The number of aryl methyl sites for hydroxylation is 1. The van der Waals surface area contributed by atoms with E-state index in [0.717, 1.165) is 46.1 Å². The van der Waals surface area contributed by atoms with E-state index in [4.69, 9.17) is 14.5 Å². The fourth-order valence-electron chi connectivity index (χ4n) is 3.43. The maximum Gasteiger partial charge on any atom is 0.233 e. The van der Waals surface area contributed by atoms with Crippen molar-refractivity contribution in [2.45, 2.75) is 32.3 Å². The van der Waals surface area contributed by atoms with E-state index in [9.17, 15) is 4.79 Å². The number of benzene rings is 2. The smallest absolute Gasteiger partial charge is 0.233 e. The highest BCUT2D eigenvalue weighted by molar-refractivity contribution is 7.22. The molecule has 0 saturated carbocycles. The van der Waals surface area contributed by atoms with Gasteiger partial charge in [0, 0.05) is 6.61 Å². The monoisotopic (exact) mass is 396 g/mol. The zero-order chi connectivity index (χ0) is 19.5. The predicted molar refractivity (Wildman–Crippen MR) is 112 cm³/mol. The summed E-state index contributed by atoms with van der Waals surface area (Å²) in [5, 5.41) is 0.745. The summed E-state index contributed by atoms with van der Waals surface area (Å²) in [7, 11) is 1.64. The van der Waals surface area contributed by atoms with Crippen LogP contribution < -0.4 is 9.64 Å². The predicted octanol–water partition coefficient (Wildman–Crippen LogP) is 4.37. The van der Waals surface area contributed by atoms with Crippen LogP contribution in [-0.2, 0) is 16.0 Å². The first-order valence-corrected chi connectivity index (χ1v) is 10.4. The Morgan fingerprint density at radius 1 is 1.29 bits per heavy atom. The minimum atomic E-state index is 0.0384. The van der Waals surface area contributed by atoms with Crippen LogP contribution in [0.2, 0.25) is 0 Å². The van der Waals surface area contributed by atoms with E-state index in [0.29, 0.717) is 13.0 Å². The van der Waals surface area contributed by atoms with Crippen LogP contribution in [-0.4, -0.2) is 37.3 Å². The molecule has 2 heterocycles. The standard InChI is InChI=1S/C22H24N2O3S/c1-15-5-10-19-20(12-15)28-22(23-19)24(14-18-4-3-11-27-18)21(25)13-16-6-8-17(26-2)9-7-16/h5-10,12,18H,3-4,11,13-14H2,1-2H3/t18-/m0/s1. The second-order valence-corrected chi connectivity index (χ2v) is 8.14. The number of anilines is 1. The van der Waals surface area contributed by atoms with Gasteiger partial charge in [0.2, 0.25) is 5.91 Å². The van der Waals surface area contributed by atoms with Crippen LogP contribution in [0.1, 0.15) is 24.0 Å². The molecule has 0 aliphatic carbocycles. The van der Waals surface area contributed by atoms with Crippen molar-refractivity contribution in [1.29, 1.82) is 0 Å². The van der Waals surface area contributed by atoms with Crippen molar-refractivity contribution in [1.82, 2.24) is 4.98 Å². The zero-order valence-electron chi connectivity index (χ0n) is 16.2. The number of aromatic nitrogens is 1. The topological polar surface area (TPSA) is 51.7 Å². The quantitative estimate of drug-likeness (QED) is 0.621. The number of ether oxygens (including phenoxy) is 2. The van der Waals surface area contributed by atoms with Crippen molar-refractivity contribution >= 4 is 32.6 Å².